The molecular weight excluding hydrogens is 228 g/mol. The van der Waals surface area contributed by atoms with Crippen LogP contribution in [0.25, 0.3) is 0 Å². The van der Waals surface area contributed by atoms with E-state index in [1.165, 1.54) is 25.7 Å². The van der Waals surface area contributed by atoms with Crippen LogP contribution < -0.4 is 10.6 Å². The predicted molar refractivity (Wildman–Crippen MR) is 73.5 cm³/mol. The molecule has 1 heterocycles. The monoisotopic (exact) mass is 254 g/mol. The van der Waals surface area contributed by atoms with Gasteiger partial charge in [0.25, 0.3) is 0 Å². The van der Waals surface area contributed by atoms with Crippen LogP contribution in [0.15, 0.2) is 4.42 Å². The Hall–Kier alpha value is -1.10. The second-order valence-electron chi connectivity index (χ2n) is 5.51. The van der Waals surface area contributed by atoms with Crippen molar-refractivity contribution in [3.05, 3.63) is 5.89 Å². The van der Waals surface area contributed by atoms with Gasteiger partial charge in [-0.25, -0.2) is 0 Å². The molecule has 0 aliphatic rings. The molecule has 1 rings (SSSR count). The maximum absolute atomic E-state index is 5.45. The van der Waals surface area contributed by atoms with Gasteiger partial charge < -0.3 is 15.1 Å². The van der Waals surface area contributed by atoms with E-state index in [2.05, 4.69) is 41.6 Å². The summed E-state index contributed by atoms with van der Waals surface area (Å²) in [6.45, 7) is 8.22. The summed E-state index contributed by atoms with van der Waals surface area (Å²) in [6, 6.07) is 0.517. The van der Waals surface area contributed by atoms with E-state index in [9.17, 15) is 0 Å². The quantitative estimate of drug-likeness (QED) is 0.663. The Kier molecular flexibility index (Phi) is 6.12. The molecule has 1 aromatic rings. The largest absolute Gasteiger partial charge is 0.407 e. The van der Waals surface area contributed by atoms with Gasteiger partial charge in [0, 0.05) is 6.54 Å². The molecule has 0 atom stereocenters. The lowest BCUT2D eigenvalue weighted by molar-refractivity contribution is 0.338. The molecule has 5 heteroatoms. The molecule has 0 aliphatic heterocycles. The van der Waals surface area contributed by atoms with Crippen LogP contribution in [0.5, 0.6) is 0 Å². The van der Waals surface area contributed by atoms with Crippen molar-refractivity contribution < 1.29 is 4.42 Å². The average Bonchev–Trinajstić information content (AvgIpc) is 2.75. The number of nitrogens with zero attached hydrogens (tertiary/aromatic N) is 2. The summed E-state index contributed by atoms with van der Waals surface area (Å²) in [5, 5.41) is 14.1. The molecule has 0 spiro atoms. The highest BCUT2D eigenvalue weighted by molar-refractivity contribution is 5.17. The summed E-state index contributed by atoms with van der Waals surface area (Å²) >= 11 is 0. The van der Waals surface area contributed by atoms with Gasteiger partial charge in [0.15, 0.2) is 0 Å². The molecule has 0 saturated heterocycles. The highest BCUT2D eigenvalue weighted by Crippen LogP contribution is 2.24. The first-order valence-electron chi connectivity index (χ1n) is 6.78. The normalized spacial score (nSPS) is 11.8. The summed E-state index contributed by atoms with van der Waals surface area (Å²) in [7, 11) is 1.86. The van der Waals surface area contributed by atoms with Crippen LogP contribution in [-0.4, -0.2) is 23.8 Å². The first kappa shape index (κ1) is 15.0. The predicted octanol–water partition coefficient (Wildman–Crippen LogP) is 2.81. The van der Waals surface area contributed by atoms with Crippen LogP contribution in [0.1, 0.15) is 52.3 Å². The molecule has 0 amide bonds. The lowest BCUT2D eigenvalue weighted by atomic mass is 9.87. The summed E-state index contributed by atoms with van der Waals surface area (Å²) in [5.74, 6) is 0.615. The summed E-state index contributed by atoms with van der Waals surface area (Å²) in [4.78, 5) is 0. The van der Waals surface area contributed by atoms with Gasteiger partial charge in [-0.1, -0.05) is 45.1 Å². The lowest BCUT2D eigenvalue weighted by Crippen LogP contribution is -2.23. The number of rotatable bonds is 9. The van der Waals surface area contributed by atoms with E-state index in [1.807, 2.05) is 7.05 Å². The van der Waals surface area contributed by atoms with Crippen LogP contribution in [0, 0.1) is 5.41 Å². The van der Waals surface area contributed by atoms with Crippen molar-refractivity contribution in [3.63, 3.8) is 0 Å². The van der Waals surface area contributed by atoms with E-state index >= 15 is 0 Å². The molecule has 1 aromatic heterocycles. The lowest BCUT2D eigenvalue weighted by Gasteiger charge is -2.24. The third-order valence-electron chi connectivity index (χ3n) is 2.97. The number of hydrogen-bond donors (Lipinski definition) is 2. The van der Waals surface area contributed by atoms with Crippen molar-refractivity contribution in [1.29, 1.82) is 0 Å². The SMILES string of the molecule is CCCCCC(C)(C)CNc1nnc(CNC)o1. The maximum atomic E-state index is 5.45. The first-order chi connectivity index (χ1) is 8.57. The van der Waals surface area contributed by atoms with Crippen LogP contribution in [0.4, 0.5) is 6.01 Å². The second kappa shape index (κ2) is 7.36. The standard InChI is InChI=1S/C13H26N4O/c1-5-6-7-8-13(2,3)10-15-12-17-16-11(18-12)9-14-4/h14H,5-10H2,1-4H3,(H,15,17). The molecule has 0 aliphatic carbocycles. The Morgan fingerprint density at radius 1 is 1.22 bits per heavy atom. The van der Waals surface area contributed by atoms with Crippen LogP contribution in [0.2, 0.25) is 0 Å². The van der Waals surface area contributed by atoms with E-state index < -0.39 is 0 Å². The number of hydrogen-bond acceptors (Lipinski definition) is 5. The van der Waals surface area contributed by atoms with E-state index in [0.29, 0.717) is 18.5 Å². The van der Waals surface area contributed by atoms with Gasteiger partial charge in [-0.2, -0.15) is 0 Å². The third-order valence-corrected chi connectivity index (χ3v) is 2.97. The first-order valence-corrected chi connectivity index (χ1v) is 6.78. The minimum Gasteiger partial charge on any atom is -0.407 e. The van der Waals surface area contributed by atoms with Crippen LogP contribution in [0.3, 0.4) is 0 Å². The minimum absolute atomic E-state index is 0.257. The number of unbranched alkanes of at least 4 members (excludes halogenated alkanes) is 2. The summed E-state index contributed by atoms with van der Waals surface area (Å²) in [6.07, 6.45) is 5.06. The van der Waals surface area contributed by atoms with Gasteiger partial charge in [0.1, 0.15) is 0 Å². The fourth-order valence-corrected chi connectivity index (χ4v) is 1.80. The molecule has 0 unspecified atom stereocenters. The van der Waals surface area contributed by atoms with Crippen molar-refractivity contribution in [3.8, 4) is 0 Å². The molecular formula is C13H26N4O. The van der Waals surface area contributed by atoms with Gasteiger partial charge in [0.05, 0.1) is 6.54 Å². The zero-order valence-electron chi connectivity index (χ0n) is 12.0. The summed E-state index contributed by atoms with van der Waals surface area (Å²) < 4.78 is 5.45. The van der Waals surface area contributed by atoms with E-state index in [1.54, 1.807) is 0 Å². The van der Waals surface area contributed by atoms with Crippen molar-refractivity contribution in [2.75, 3.05) is 18.9 Å². The molecule has 0 radical (unpaired) electrons. The van der Waals surface area contributed by atoms with Crippen molar-refractivity contribution in [2.24, 2.45) is 5.41 Å². The fourth-order valence-electron chi connectivity index (χ4n) is 1.80. The third kappa shape index (κ3) is 5.49. The van der Waals surface area contributed by atoms with Crippen LogP contribution >= 0.6 is 0 Å². The Morgan fingerprint density at radius 3 is 2.67 bits per heavy atom. The minimum atomic E-state index is 0.257. The fraction of sp³-hybridized carbons (Fsp3) is 0.846. The molecule has 0 bridgehead atoms. The highest BCUT2D eigenvalue weighted by Gasteiger charge is 2.18. The zero-order valence-corrected chi connectivity index (χ0v) is 12.0. The Morgan fingerprint density at radius 2 is 2.00 bits per heavy atom. The number of aromatic nitrogens is 2. The van der Waals surface area contributed by atoms with Gasteiger partial charge >= 0.3 is 6.01 Å². The van der Waals surface area contributed by atoms with E-state index in [0.717, 1.165) is 6.54 Å². The smallest absolute Gasteiger partial charge is 0.315 e. The zero-order chi connectivity index (χ0) is 13.4. The number of nitrogens with one attached hydrogen (secondary N) is 2. The van der Waals surface area contributed by atoms with Gasteiger partial charge in [-0.05, 0) is 18.9 Å². The Labute approximate surface area is 110 Å². The molecule has 5 nitrogen and oxygen atoms in total. The second-order valence-corrected chi connectivity index (χ2v) is 5.51. The van der Waals surface area contributed by atoms with Gasteiger partial charge in [-0.15, -0.1) is 5.10 Å². The van der Waals surface area contributed by atoms with E-state index in [4.69, 9.17) is 4.42 Å². The van der Waals surface area contributed by atoms with Crippen molar-refractivity contribution in [1.82, 2.24) is 15.5 Å². The van der Waals surface area contributed by atoms with Crippen molar-refractivity contribution in [2.45, 2.75) is 53.0 Å². The maximum Gasteiger partial charge on any atom is 0.315 e. The topological polar surface area (TPSA) is 63.0 Å². The highest BCUT2D eigenvalue weighted by atomic mass is 16.4. The molecule has 2 N–H and O–H groups in total. The van der Waals surface area contributed by atoms with Crippen molar-refractivity contribution >= 4 is 6.01 Å². The molecule has 0 saturated carbocycles. The summed E-state index contributed by atoms with van der Waals surface area (Å²) in [5.41, 5.74) is 0.257. The van der Waals surface area contributed by atoms with Gasteiger partial charge in [0.2, 0.25) is 5.89 Å². The van der Waals surface area contributed by atoms with E-state index in [-0.39, 0.29) is 5.41 Å². The van der Waals surface area contributed by atoms with Crippen LogP contribution in [-0.2, 0) is 6.54 Å². The van der Waals surface area contributed by atoms with Gasteiger partial charge in [-0.3, -0.25) is 0 Å². The Bertz CT molecular complexity index is 335. The average molecular weight is 254 g/mol. The molecule has 0 aromatic carbocycles. The molecule has 0 fully saturated rings. The molecule has 18 heavy (non-hydrogen) atoms. The number of anilines is 1. The molecule has 104 valence electrons. The Balaban J connectivity index is 2.33.